The molecule has 1 saturated heterocycles. The Morgan fingerprint density at radius 1 is 1.20 bits per heavy atom. The van der Waals surface area contributed by atoms with E-state index in [1.165, 1.54) is 0 Å². The first-order chi connectivity index (χ1) is 9.68. The van der Waals surface area contributed by atoms with Crippen LogP contribution in [-0.2, 0) is 11.3 Å². The first kappa shape index (κ1) is 14.5. The lowest BCUT2D eigenvalue weighted by atomic mass is 10.1. The number of amides is 2. The molecule has 0 radical (unpaired) electrons. The SMILES string of the molecule is NC(=O)c1ccccc1CNCCC(=O)N1CCCC1. The molecule has 1 aliphatic heterocycles. The van der Waals surface area contributed by atoms with Crippen LogP contribution in [0.3, 0.4) is 0 Å². The van der Waals surface area contributed by atoms with Gasteiger partial charge in [-0.15, -0.1) is 0 Å². The van der Waals surface area contributed by atoms with Crippen molar-refractivity contribution in [1.82, 2.24) is 10.2 Å². The lowest BCUT2D eigenvalue weighted by Gasteiger charge is -2.15. The minimum atomic E-state index is -0.421. The largest absolute Gasteiger partial charge is 0.366 e. The van der Waals surface area contributed by atoms with Gasteiger partial charge in [0.05, 0.1) is 0 Å². The van der Waals surface area contributed by atoms with E-state index in [0.717, 1.165) is 31.5 Å². The highest BCUT2D eigenvalue weighted by Crippen LogP contribution is 2.09. The van der Waals surface area contributed by atoms with Crippen molar-refractivity contribution in [3.8, 4) is 0 Å². The molecule has 1 heterocycles. The second-order valence-electron chi connectivity index (χ2n) is 5.04. The number of nitrogens with zero attached hydrogens (tertiary/aromatic N) is 1. The third-order valence-corrected chi connectivity index (χ3v) is 3.57. The van der Waals surface area contributed by atoms with Crippen molar-refractivity contribution in [2.24, 2.45) is 5.73 Å². The molecule has 2 amide bonds. The summed E-state index contributed by atoms with van der Waals surface area (Å²) in [6.07, 6.45) is 2.73. The maximum atomic E-state index is 11.8. The Bertz CT molecular complexity index is 482. The van der Waals surface area contributed by atoms with Crippen LogP contribution < -0.4 is 11.1 Å². The first-order valence-corrected chi connectivity index (χ1v) is 7.04. The number of primary amides is 1. The van der Waals surface area contributed by atoms with E-state index >= 15 is 0 Å². The van der Waals surface area contributed by atoms with Gasteiger partial charge in [-0.05, 0) is 24.5 Å². The lowest BCUT2D eigenvalue weighted by Crippen LogP contribution is -2.30. The lowest BCUT2D eigenvalue weighted by molar-refractivity contribution is -0.130. The van der Waals surface area contributed by atoms with E-state index in [1.807, 2.05) is 17.0 Å². The molecule has 20 heavy (non-hydrogen) atoms. The Kier molecular flexibility index (Phi) is 5.12. The predicted octanol–water partition coefficient (Wildman–Crippen LogP) is 0.888. The third-order valence-electron chi connectivity index (χ3n) is 3.57. The summed E-state index contributed by atoms with van der Waals surface area (Å²) in [6, 6.07) is 7.25. The van der Waals surface area contributed by atoms with Crippen LogP contribution in [0.15, 0.2) is 24.3 Å². The molecular formula is C15H21N3O2. The Hall–Kier alpha value is -1.88. The minimum Gasteiger partial charge on any atom is -0.366 e. The molecule has 0 atom stereocenters. The summed E-state index contributed by atoms with van der Waals surface area (Å²) in [5.41, 5.74) is 6.72. The van der Waals surface area contributed by atoms with Crippen molar-refractivity contribution in [3.05, 3.63) is 35.4 Å². The van der Waals surface area contributed by atoms with E-state index in [2.05, 4.69) is 5.32 Å². The maximum absolute atomic E-state index is 11.8. The van der Waals surface area contributed by atoms with Crippen molar-refractivity contribution >= 4 is 11.8 Å². The van der Waals surface area contributed by atoms with Crippen LogP contribution >= 0.6 is 0 Å². The Morgan fingerprint density at radius 2 is 1.90 bits per heavy atom. The highest BCUT2D eigenvalue weighted by molar-refractivity contribution is 5.94. The highest BCUT2D eigenvalue weighted by Gasteiger charge is 2.16. The summed E-state index contributed by atoms with van der Waals surface area (Å²) in [4.78, 5) is 25.0. The number of carbonyl (C=O) groups is 2. The van der Waals surface area contributed by atoms with Crippen LogP contribution in [0, 0.1) is 0 Å². The van der Waals surface area contributed by atoms with E-state index in [4.69, 9.17) is 5.73 Å². The van der Waals surface area contributed by atoms with Crippen molar-refractivity contribution in [3.63, 3.8) is 0 Å². The number of carbonyl (C=O) groups excluding carboxylic acids is 2. The van der Waals surface area contributed by atoms with Gasteiger partial charge in [-0.1, -0.05) is 18.2 Å². The average molecular weight is 275 g/mol. The molecule has 0 aliphatic carbocycles. The molecule has 1 aromatic carbocycles. The zero-order chi connectivity index (χ0) is 14.4. The molecule has 1 aromatic rings. The Morgan fingerprint density at radius 3 is 2.60 bits per heavy atom. The zero-order valence-electron chi connectivity index (χ0n) is 11.6. The van der Waals surface area contributed by atoms with Gasteiger partial charge in [0.2, 0.25) is 11.8 Å². The average Bonchev–Trinajstić information content (AvgIpc) is 2.98. The first-order valence-electron chi connectivity index (χ1n) is 7.04. The Labute approximate surface area is 119 Å². The fourth-order valence-corrected chi connectivity index (χ4v) is 2.46. The molecule has 5 nitrogen and oxygen atoms in total. The number of hydrogen-bond acceptors (Lipinski definition) is 3. The molecule has 5 heteroatoms. The van der Waals surface area contributed by atoms with Gasteiger partial charge in [-0.3, -0.25) is 9.59 Å². The van der Waals surface area contributed by atoms with Gasteiger partial charge in [-0.25, -0.2) is 0 Å². The van der Waals surface area contributed by atoms with Crippen molar-refractivity contribution in [2.75, 3.05) is 19.6 Å². The molecule has 0 unspecified atom stereocenters. The second kappa shape index (κ2) is 7.05. The molecule has 2 rings (SSSR count). The molecule has 3 N–H and O–H groups in total. The van der Waals surface area contributed by atoms with Gasteiger partial charge in [0.15, 0.2) is 0 Å². The predicted molar refractivity (Wildman–Crippen MR) is 77.1 cm³/mol. The van der Waals surface area contributed by atoms with Gasteiger partial charge >= 0.3 is 0 Å². The maximum Gasteiger partial charge on any atom is 0.249 e. The highest BCUT2D eigenvalue weighted by atomic mass is 16.2. The fraction of sp³-hybridized carbons (Fsp3) is 0.467. The molecule has 0 spiro atoms. The van der Waals surface area contributed by atoms with E-state index in [1.54, 1.807) is 12.1 Å². The molecular weight excluding hydrogens is 254 g/mol. The van der Waals surface area contributed by atoms with Crippen molar-refractivity contribution in [1.29, 1.82) is 0 Å². The standard InChI is InChI=1S/C15H21N3O2/c16-15(20)13-6-2-1-5-12(13)11-17-8-7-14(19)18-9-3-4-10-18/h1-2,5-6,17H,3-4,7-11H2,(H2,16,20). The quantitative estimate of drug-likeness (QED) is 0.757. The van der Waals surface area contributed by atoms with E-state index in [9.17, 15) is 9.59 Å². The fourth-order valence-electron chi connectivity index (χ4n) is 2.46. The molecule has 0 aromatic heterocycles. The molecule has 108 valence electrons. The smallest absolute Gasteiger partial charge is 0.249 e. The second-order valence-corrected chi connectivity index (χ2v) is 5.04. The van der Waals surface area contributed by atoms with Gasteiger partial charge in [0.1, 0.15) is 0 Å². The van der Waals surface area contributed by atoms with Gasteiger partial charge in [0, 0.05) is 38.2 Å². The van der Waals surface area contributed by atoms with Crippen LogP contribution in [0.1, 0.15) is 35.2 Å². The van der Waals surface area contributed by atoms with Crippen LogP contribution in [0.25, 0.3) is 0 Å². The molecule has 0 saturated carbocycles. The van der Waals surface area contributed by atoms with Crippen LogP contribution in [-0.4, -0.2) is 36.3 Å². The third kappa shape index (κ3) is 3.81. The zero-order valence-corrected chi connectivity index (χ0v) is 11.6. The van der Waals surface area contributed by atoms with Gasteiger partial charge < -0.3 is 16.0 Å². The molecule has 0 bridgehead atoms. The normalized spacial score (nSPS) is 14.5. The summed E-state index contributed by atoms with van der Waals surface area (Å²) in [5.74, 6) is -0.214. The van der Waals surface area contributed by atoms with E-state index in [-0.39, 0.29) is 5.91 Å². The molecule has 1 fully saturated rings. The number of nitrogens with one attached hydrogen (secondary N) is 1. The van der Waals surface area contributed by atoms with Crippen molar-refractivity contribution < 1.29 is 9.59 Å². The topological polar surface area (TPSA) is 75.4 Å². The van der Waals surface area contributed by atoms with Crippen LogP contribution in [0.5, 0.6) is 0 Å². The monoisotopic (exact) mass is 275 g/mol. The summed E-state index contributed by atoms with van der Waals surface area (Å²) in [7, 11) is 0. The summed E-state index contributed by atoms with van der Waals surface area (Å²) < 4.78 is 0. The van der Waals surface area contributed by atoms with Crippen molar-refractivity contribution in [2.45, 2.75) is 25.8 Å². The summed E-state index contributed by atoms with van der Waals surface area (Å²) in [5, 5.41) is 3.20. The van der Waals surface area contributed by atoms with E-state index < -0.39 is 5.91 Å². The minimum absolute atomic E-state index is 0.207. The number of likely N-dealkylation sites (tertiary alicyclic amines) is 1. The number of hydrogen-bond donors (Lipinski definition) is 2. The van der Waals surface area contributed by atoms with Gasteiger partial charge in [-0.2, -0.15) is 0 Å². The number of nitrogens with two attached hydrogens (primary N) is 1. The summed E-state index contributed by atoms with van der Waals surface area (Å²) >= 11 is 0. The van der Waals surface area contributed by atoms with Crippen LogP contribution in [0.4, 0.5) is 0 Å². The number of benzene rings is 1. The van der Waals surface area contributed by atoms with Gasteiger partial charge in [0.25, 0.3) is 0 Å². The van der Waals surface area contributed by atoms with Crippen LogP contribution in [0.2, 0.25) is 0 Å². The van der Waals surface area contributed by atoms with E-state index in [0.29, 0.717) is 25.1 Å². The molecule has 1 aliphatic rings. The summed E-state index contributed by atoms with van der Waals surface area (Å²) in [6.45, 7) is 2.95. The Balaban J connectivity index is 1.76. The number of rotatable bonds is 6.